The van der Waals surface area contributed by atoms with Gasteiger partial charge in [0.25, 0.3) is 0 Å². The second kappa shape index (κ2) is 5.73. The predicted octanol–water partition coefficient (Wildman–Crippen LogP) is 0.912. The third-order valence-corrected chi connectivity index (χ3v) is 4.55. The van der Waals surface area contributed by atoms with E-state index in [9.17, 15) is 18.5 Å². The molecule has 1 aromatic heterocycles. The van der Waals surface area contributed by atoms with E-state index in [0.717, 1.165) is 22.6 Å². The van der Waals surface area contributed by atoms with Gasteiger partial charge in [-0.05, 0) is 22.9 Å². The SMILES string of the molecule is CC(CC#N)N(C)S(=O)(=O)c1ccc([N+](=O)[O-])nc1. The summed E-state index contributed by atoms with van der Waals surface area (Å²) in [6, 6.07) is 3.53. The molecule has 8 nitrogen and oxygen atoms in total. The maximum absolute atomic E-state index is 12.1. The lowest BCUT2D eigenvalue weighted by atomic mass is 10.3. The van der Waals surface area contributed by atoms with Crippen LogP contribution in [-0.4, -0.2) is 35.7 Å². The number of aromatic nitrogens is 1. The lowest BCUT2D eigenvalue weighted by Crippen LogP contribution is -2.34. The first-order chi connectivity index (χ1) is 8.80. The molecule has 0 radical (unpaired) electrons. The lowest BCUT2D eigenvalue weighted by molar-refractivity contribution is -0.389. The smallest absolute Gasteiger partial charge is 0.358 e. The largest absolute Gasteiger partial charge is 0.363 e. The van der Waals surface area contributed by atoms with Gasteiger partial charge in [0.15, 0.2) is 6.20 Å². The molecule has 1 heterocycles. The summed E-state index contributed by atoms with van der Waals surface area (Å²) in [6.45, 7) is 1.60. The van der Waals surface area contributed by atoms with E-state index in [0.29, 0.717) is 0 Å². The third kappa shape index (κ3) is 3.24. The number of rotatable bonds is 5. The van der Waals surface area contributed by atoms with Crippen LogP contribution in [0.5, 0.6) is 0 Å². The molecular formula is C10H12N4O4S. The Bertz CT molecular complexity index is 605. The standard InChI is InChI=1S/C10H12N4O4S/c1-8(5-6-11)13(2)19(17,18)9-3-4-10(12-7-9)14(15)16/h3-4,7-8H,5H2,1-2H3. The summed E-state index contributed by atoms with van der Waals surface area (Å²) in [6.07, 6.45) is 0.985. The van der Waals surface area contributed by atoms with Crippen LogP contribution in [0.1, 0.15) is 13.3 Å². The molecular weight excluding hydrogens is 272 g/mol. The molecule has 9 heteroatoms. The van der Waals surface area contributed by atoms with Gasteiger partial charge in [-0.15, -0.1) is 0 Å². The monoisotopic (exact) mass is 284 g/mol. The van der Waals surface area contributed by atoms with Crippen molar-refractivity contribution in [3.8, 4) is 6.07 Å². The minimum Gasteiger partial charge on any atom is -0.358 e. The van der Waals surface area contributed by atoms with Crippen molar-refractivity contribution in [2.75, 3.05) is 7.05 Å². The summed E-state index contributed by atoms with van der Waals surface area (Å²) in [5.41, 5.74) is 0. The Morgan fingerprint density at radius 1 is 1.58 bits per heavy atom. The molecule has 0 amide bonds. The van der Waals surface area contributed by atoms with Crippen molar-refractivity contribution in [2.24, 2.45) is 0 Å². The van der Waals surface area contributed by atoms with Gasteiger partial charge in [0.05, 0.1) is 12.5 Å². The molecule has 0 aromatic carbocycles. The number of nitriles is 1. The molecule has 0 saturated heterocycles. The van der Waals surface area contributed by atoms with Crippen molar-refractivity contribution in [1.82, 2.24) is 9.29 Å². The minimum atomic E-state index is -3.81. The molecule has 102 valence electrons. The molecule has 1 aromatic rings. The maximum atomic E-state index is 12.1. The summed E-state index contributed by atoms with van der Waals surface area (Å²) in [5.74, 6) is -0.424. The highest BCUT2D eigenvalue weighted by molar-refractivity contribution is 7.89. The van der Waals surface area contributed by atoms with Crippen LogP contribution in [-0.2, 0) is 10.0 Å². The van der Waals surface area contributed by atoms with Crippen molar-refractivity contribution in [3.05, 3.63) is 28.4 Å². The van der Waals surface area contributed by atoms with Gasteiger partial charge in [-0.2, -0.15) is 9.57 Å². The predicted molar refractivity (Wildman–Crippen MR) is 65.5 cm³/mol. The molecule has 0 aliphatic heterocycles. The summed E-state index contributed by atoms with van der Waals surface area (Å²) >= 11 is 0. The van der Waals surface area contributed by atoms with Crippen LogP contribution in [0.2, 0.25) is 0 Å². The zero-order valence-electron chi connectivity index (χ0n) is 10.3. The van der Waals surface area contributed by atoms with Crippen molar-refractivity contribution in [2.45, 2.75) is 24.3 Å². The number of pyridine rings is 1. The van der Waals surface area contributed by atoms with Crippen LogP contribution in [0.15, 0.2) is 23.2 Å². The molecule has 0 N–H and O–H groups in total. The Balaban J connectivity index is 3.07. The molecule has 1 atom stereocenters. The number of nitrogens with zero attached hydrogens (tertiary/aromatic N) is 4. The first-order valence-corrected chi connectivity index (χ1v) is 6.70. The van der Waals surface area contributed by atoms with Gasteiger partial charge < -0.3 is 10.1 Å². The molecule has 0 saturated carbocycles. The Morgan fingerprint density at radius 3 is 2.63 bits per heavy atom. The molecule has 1 unspecified atom stereocenters. The highest BCUT2D eigenvalue weighted by Gasteiger charge is 2.27. The number of sulfonamides is 1. The average Bonchev–Trinajstić information content (AvgIpc) is 2.38. The Labute approximate surface area is 110 Å². The molecule has 19 heavy (non-hydrogen) atoms. The fourth-order valence-corrected chi connectivity index (χ4v) is 2.60. The fraction of sp³-hybridized carbons (Fsp3) is 0.400. The van der Waals surface area contributed by atoms with Gasteiger partial charge in [0, 0.05) is 19.2 Å². The minimum absolute atomic E-state index is 0.0517. The Morgan fingerprint density at radius 2 is 2.21 bits per heavy atom. The number of hydrogen-bond donors (Lipinski definition) is 0. The molecule has 0 fully saturated rings. The van der Waals surface area contributed by atoms with Crippen LogP contribution in [0.3, 0.4) is 0 Å². The van der Waals surface area contributed by atoms with Gasteiger partial charge >= 0.3 is 5.82 Å². The summed E-state index contributed by atoms with van der Waals surface area (Å²) < 4.78 is 25.3. The summed E-state index contributed by atoms with van der Waals surface area (Å²) in [5, 5.41) is 19.0. The zero-order chi connectivity index (χ0) is 14.6. The third-order valence-electron chi connectivity index (χ3n) is 2.59. The average molecular weight is 284 g/mol. The zero-order valence-corrected chi connectivity index (χ0v) is 11.2. The van der Waals surface area contributed by atoms with Crippen molar-refractivity contribution in [3.63, 3.8) is 0 Å². The second-order valence-corrected chi connectivity index (χ2v) is 5.84. The van der Waals surface area contributed by atoms with E-state index in [1.54, 1.807) is 6.92 Å². The van der Waals surface area contributed by atoms with Crippen molar-refractivity contribution in [1.29, 1.82) is 5.26 Å². The van der Waals surface area contributed by atoms with Crippen LogP contribution >= 0.6 is 0 Å². The van der Waals surface area contributed by atoms with Crippen LogP contribution < -0.4 is 0 Å². The molecule has 0 aliphatic rings. The van der Waals surface area contributed by atoms with E-state index in [-0.39, 0.29) is 11.3 Å². The fourth-order valence-electron chi connectivity index (χ4n) is 1.30. The summed E-state index contributed by atoms with van der Waals surface area (Å²) in [7, 11) is -2.46. The normalized spacial score (nSPS) is 12.9. The van der Waals surface area contributed by atoms with Crippen LogP contribution in [0, 0.1) is 21.4 Å². The van der Waals surface area contributed by atoms with Gasteiger partial charge in [0.2, 0.25) is 10.0 Å². The first-order valence-electron chi connectivity index (χ1n) is 5.26. The molecule has 0 aliphatic carbocycles. The van der Waals surface area contributed by atoms with Gasteiger partial charge in [-0.1, -0.05) is 0 Å². The Hall–Kier alpha value is -2.05. The van der Waals surface area contributed by atoms with E-state index in [1.807, 2.05) is 6.07 Å². The first kappa shape index (κ1) is 15.0. The van der Waals surface area contributed by atoms with Gasteiger partial charge in [-0.3, -0.25) is 0 Å². The van der Waals surface area contributed by atoms with Gasteiger partial charge in [0.1, 0.15) is 4.90 Å². The van der Waals surface area contributed by atoms with Crippen LogP contribution in [0.25, 0.3) is 0 Å². The Kier molecular flexibility index (Phi) is 4.52. The molecule has 1 rings (SSSR count). The quantitative estimate of drug-likeness (QED) is 0.586. The van der Waals surface area contributed by atoms with E-state index >= 15 is 0 Å². The van der Waals surface area contributed by atoms with E-state index in [4.69, 9.17) is 5.26 Å². The van der Waals surface area contributed by atoms with Crippen molar-refractivity contribution < 1.29 is 13.3 Å². The number of nitro groups is 1. The molecule has 0 bridgehead atoms. The van der Waals surface area contributed by atoms with Gasteiger partial charge in [-0.25, -0.2) is 8.42 Å². The van der Waals surface area contributed by atoms with Crippen molar-refractivity contribution >= 4 is 15.8 Å². The van der Waals surface area contributed by atoms with E-state index in [1.165, 1.54) is 7.05 Å². The molecule has 0 spiro atoms. The second-order valence-electron chi connectivity index (χ2n) is 3.84. The highest BCUT2D eigenvalue weighted by atomic mass is 32.2. The van der Waals surface area contributed by atoms with Crippen LogP contribution in [0.4, 0.5) is 5.82 Å². The van der Waals surface area contributed by atoms with E-state index in [2.05, 4.69) is 4.98 Å². The maximum Gasteiger partial charge on any atom is 0.363 e. The van der Waals surface area contributed by atoms with E-state index < -0.39 is 26.8 Å². The number of hydrogen-bond acceptors (Lipinski definition) is 6. The highest BCUT2D eigenvalue weighted by Crippen LogP contribution is 2.18. The topological polar surface area (TPSA) is 117 Å². The lowest BCUT2D eigenvalue weighted by Gasteiger charge is -2.21. The summed E-state index contributed by atoms with van der Waals surface area (Å²) in [4.78, 5) is 13.0.